The van der Waals surface area contributed by atoms with Crippen LogP contribution in [0.3, 0.4) is 0 Å². The zero-order valence-corrected chi connectivity index (χ0v) is 10.9. The summed E-state index contributed by atoms with van der Waals surface area (Å²) in [4.78, 5) is 1.90. The van der Waals surface area contributed by atoms with Crippen molar-refractivity contribution >= 4 is 21.4 Å². The van der Waals surface area contributed by atoms with Crippen molar-refractivity contribution in [3.05, 3.63) is 23.8 Å². The van der Waals surface area contributed by atoms with Crippen LogP contribution in [-0.4, -0.2) is 28.3 Å². The van der Waals surface area contributed by atoms with E-state index in [1.807, 2.05) is 32.0 Å². The molecule has 1 rings (SSSR count). The number of hydrogen-bond donors (Lipinski definition) is 1. The molecule has 0 saturated heterocycles. The van der Waals surface area contributed by atoms with E-state index in [0.29, 0.717) is 5.69 Å². The molecule has 0 aromatic heterocycles. The summed E-state index contributed by atoms with van der Waals surface area (Å²) in [6.07, 6.45) is 0. The Kier molecular flexibility index (Phi) is 3.97. The van der Waals surface area contributed by atoms with E-state index in [4.69, 9.17) is 5.26 Å². The van der Waals surface area contributed by atoms with Crippen LogP contribution in [0.2, 0.25) is 0 Å². The zero-order valence-electron chi connectivity index (χ0n) is 10.1. The molecule has 1 aromatic rings. The fourth-order valence-corrected chi connectivity index (χ4v) is 2.18. The molecule has 0 unspecified atom stereocenters. The van der Waals surface area contributed by atoms with Crippen LogP contribution < -0.4 is 9.62 Å². The van der Waals surface area contributed by atoms with Gasteiger partial charge >= 0.3 is 0 Å². The van der Waals surface area contributed by atoms with Crippen molar-refractivity contribution in [2.24, 2.45) is 0 Å². The van der Waals surface area contributed by atoms with Gasteiger partial charge in [0.05, 0.1) is 11.8 Å². The molecule has 1 aromatic carbocycles. The molecule has 92 valence electrons. The summed E-state index contributed by atoms with van der Waals surface area (Å²) < 4.78 is 25.2. The number of hydrogen-bond acceptors (Lipinski definition) is 4. The van der Waals surface area contributed by atoms with Gasteiger partial charge in [0.15, 0.2) is 5.75 Å². The molecule has 0 saturated carbocycles. The van der Waals surface area contributed by atoms with Gasteiger partial charge in [-0.25, -0.2) is 8.42 Å². The van der Waals surface area contributed by atoms with E-state index >= 15 is 0 Å². The van der Waals surface area contributed by atoms with Gasteiger partial charge in [-0.15, -0.1) is 0 Å². The maximum Gasteiger partial charge on any atom is 0.246 e. The SMILES string of the molecule is Cc1ccc(NS(=O)(=O)CC#N)cc1N(C)C. The summed E-state index contributed by atoms with van der Waals surface area (Å²) in [5.74, 6) is -0.543. The minimum absolute atomic E-state index is 0.467. The molecule has 5 nitrogen and oxygen atoms in total. The van der Waals surface area contributed by atoms with Crippen molar-refractivity contribution in [2.45, 2.75) is 6.92 Å². The fraction of sp³-hybridized carbons (Fsp3) is 0.364. The standard InChI is InChI=1S/C11H15N3O2S/c1-9-4-5-10(8-11(9)14(2)3)13-17(15,16)7-6-12/h4-5,8,13H,7H2,1-3H3. The molecule has 0 heterocycles. The summed E-state index contributed by atoms with van der Waals surface area (Å²) in [6, 6.07) is 6.87. The van der Waals surface area contributed by atoms with Crippen molar-refractivity contribution in [2.75, 3.05) is 29.5 Å². The van der Waals surface area contributed by atoms with Crippen molar-refractivity contribution < 1.29 is 8.42 Å². The highest BCUT2D eigenvalue weighted by Gasteiger charge is 2.10. The normalized spacial score (nSPS) is 10.7. The number of aryl methyl sites for hydroxylation is 1. The Morgan fingerprint density at radius 3 is 2.59 bits per heavy atom. The summed E-state index contributed by atoms with van der Waals surface area (Å²) >= 11 is 0. The van der Waals surface area contributed by atoms with Crippen LogP contribution in [0.15, 0.2) is 18.2 Å². The molecule has 0 amide bonds. The topological polar surface area (TPSA) is 73.2 Å². The number of sulfonamides is 1. The average molecular weight is 253 g/mol. The summed E-state index contributed by atoms with van der Waals surface area (Å²) in [7, 11) is 0.200. The van der Waals surface area contributed by atoms with Crippen LogP contribution in [0.5, 0.6) is 0 Å². The first-order valence-corrected chi connectivity index (χ1v) is 6.66. The van der Waals surface area contributed by atoms with E-state index in [1.54, 1.807) is 18.2 Å². The molecule has 17 heavy (non-hydrogen) atoms. The highest BCUT2D eigenvalue weighted by molar-refractivity contribution is 7.92. The van der Waals surface area contributed by atoms with Gasteiger partial charge in [-0.3, -0.25) is 4.72 Å². The van der Waals surface area contributed by atoms with Crippen LogP contribution in [0.1, 0.15) is 5.56 Å². The summed E-state index contributed by atoms with van der Waals surface area (Å²) in [5.41, 5.74) is 2.45. The van der Waals surface area contributed by atoms with Gasteiger partial charge in [-0.2, -0.15) is 5.26 Å². The number of nitriles is 1. The lowest BCUT2D eigenvalue weighted by Crippen LogP contribution is -2.16. The molecular formula is C11H15N3O2S. The van der Waals surface area contributed by atoms with Gasteiger partial charge < -0.3 is 4.90 Å². The lowest BCUT2D eigenvalue weighted by Gasteiger charge is -2.17. The number of anilines is 2. The molecule has 0 fully saturated rings. The predicted octanol–water partition coefficient (Wildman–Crippen LogP) is 1.33. The number of benzene rings is 1. The monoisotopic (exact) mass is 253 g/mol. The third-order valence-electron chi connectivity index (χ3n) is 2.22. The Labute approximate surface area is 102 Å². The third-order valence-corrected chi connectivity index (χ3v) is 3.27. The lowest BCUT2D eigenvalue weighted by atomic mass is 10.2. The molecule has 1 N–H and O–H groups in total. The first-order chi connectivity index (χ1) is 7.85. The molecule has 0 atom stereocenters. The highest BCUT2D eigenvalue weighted by Crippen LogP contribution is 2.23. The highest BCUT2D eigenvalue weighted by atomic mass is 32.2. The largest absolute Gasteiger partial charge is 0.377 e. The van der Waals surface area contributed by atoms with Crippen molar-refractivity contribution in [3.63, 3.8) is 0 Å². The fourth-order valence-electron chi connectivity index (χ4n) is 1.46. The maximum absolute atomic E-state index is 11.4. The van der Waals surface area contributed by atoms with Gasteiger partial charge in [0, 0.05) is 19.8 Å². The third kappa shape index (κ3) is 3.64. The van der Waals surface area contributed by atoms with E-state index in [-0.39, 0.29) is 0 Å². The summed E-state index contributed by atoms with van der Waals surface area (Å²) in [6.45, 7) is 1.95. The van der Waals surface area contributed by atoms with Gasteiger partial charge in [0.25, 0.3) is 0 Å². The molecule has 0 aliphatic carbocycles. The molecule has 0 aliphatic heterocycles. The Hall–Kier alpha value is -1.74. The molecule has 0 bridgehead atoms. The minimum Gasteiger partial charge on any atom is -0.377 e. The quantitative estimate of drug-likeness (QED) is 0.878. The van der Waals surface area contributed by atoms with Gasteiger partial charge in [-0.05, 0) is 24.6 Å². The Morgan fingerprint density at radius 2 is 2.06 bits per heavy atom. The molecule has 6 heteroatoms. The van der Waals surface area contributed by atoms with E-state index in [0.717, 1.165) is 11.3 Å². The molecule has 0 radical (unpaired) electrons. The second-order valence-electron chi connectivity index (χ2n) is 3.91. The Morgan fingerprint density at radius 1 is 1.41 bits per heavy atom. The van der Waals surface area contributed by atoms with Crippen LogP contribution in [0.4, 0.5) is 11.4 Å². The molecule has 0 spiro atoms. The number of rotatable bonds is 4. The van der Waals surface area contributed by atoms with E-state index < -0.39 is 15.8 Å². The number of nitrogens with one attached hydrogen (secondary N) is 1. The molecule has 0 aliphatic rings. The second kappa shape index (κ2) is 5.06. The second-order valence-corrected chi connectivity index (χ2v) is 5.64. The average Bonchev–Trinajstić information content (AvgIpc) is 2.20. The Balaban J connectivity index is 3.02. The summed E-state index contributed by atoms with van der Waals surface area (Å²) in [5, 5.41) is 8.39. The van der Waals surface area contributed by atoms with Crippen molar-refractivity contribution in [1.82, 2.24) is 0 Å². The first kappa shape index (κ1) is 13.3. The predicted molar refractivity (Wildman–Crippen MR) is 68.5 cm³/mol. The smallest absolute Gasteiger partial charge is 0.246 e. The van der Waals surface area contributed by atoms with Crippen LogP contribution in [0, 0.1) is 18.3 Å². The number of nitrogens with zero attached hydrogens (tertiary/aromatic N) is 2. The van der Waals surface area contributed by atoms with Gasteiger partial charge in [0.2, 0.25) is 10.0 Å². The van der Waals surface area contributed by atoms with Gasteiger partial charge in [-0.1, -0.05) is 6.07 Å². The van der Waals surface area contributed by atoms with E-state index in [2.05, 4.69) is 4.72 Å². The van der Waals surface area contributed by atoms with Crippen molar-refractivity contribution in [3.8, 4) is 6.07 Å². The van der Waals surface area contributed by atoms with Crippen molar-refractivity contribution in [1.29, 1.82) is 5.26 Å². The molecular weight excluding hydrogens is 238 g/mol. The minimum atomic E-state index is -3.57. The zero-order chi connectivity index (χ0) is 13.1. The van der Waals surface area contributed by atoms with Crippen LogP contribution in [-0.2, 0) is 10.0 Å². The first-order valence-electron chi connectivity index (χ1n) is 5.01. The Bertz CT molecular complexity index is 544. The maximum atomic E-state index is 11.4. The van der Waals surface area contributed by atoms with Crippen LogP contribution >= 0.6 is 0 Å². The lowest BCUT2D eigenvalue weighted by molar-refractivity contribution is 0.604. The van der Waals surface area contributed by atoms with E-state index in [9.17, 15) is 8.42 Å². The van der Waals surface area contributed by atoms with Gasteiger partial charge in [0.1, 0.15) is 0 Å². The van der Waals surface area contributed by atoms with Crippen LogP contribution in [0.25, 0.3) is 0 Å². The van der Waals surface area contributed by atoms with E-state index in [1.165, 1.54) is 0 Å².